The summed E-state index contributed by atoms with van der Waals surface area (Å²) in [6, 6.07) is 14.8. The fraction of sp³-hybridized carbons (Fsp3) is 0.158. The molecule has 0 fully saturated rings. The van der Waals surface area contributed by atoms with E-state index in [0.717, 1.165) is 21.3 Å². The van der Waals surface area contributed by atoms with Crippen LogP contribution in [0.2, 0.25) is 0 Å². The first-order chi connectivity index (χ1) is 12.8. The maximum absolute atomic E-state index is 13.0. The van der Waals surface area contributed by atoms with Crippen molar-refractivity contribution in [3.63, 3.8) is 0 Å². The number of nitrogens with zero attached hydrogens (tertiary/aromatic N) is 2. The molecule has 8 heteroatoms. The normalized spacial score (nSPS) is 12.7. The Hall–Kier alpha value is -2.97. The van der Waals surface area contributed by atoms with Gasteiger partial charge in [0.1, 0.15) is 5.82 Å². The van der Waals surface area contributed by atoms with Crippen LogP contribution in [0.15, 0.2) is 65.7 Å². The smallest absolute Gasteiger partial charge is 0.356 e. The number of imidazole rings is 1. The molecule has 3 aromatic rings. The zero-order valence-electron chi connectivity index (χ0n) is 14.6. The van der Waals surface area contributed by atoms with E-state index in [1.807, 2.05) is 37.3 Å². The topological polar surface area (TPSA) is 115 Å². The molecule has 27 heavy (non-hydrogen) atoms. The van der Waals surface area contributed by atoms with Crippen LogP contribution >= 0.6 is 0 Å². The number of carboxylic acid groups (broad SMARTS) is 1. The summed E-state index contributed by atoms with van der Waals surface area (Å²) in [6.07, 6.45) is 1.32. The van der Waals surface area contributed by atoms with Crippen molar-refractivity contribution in [3.8, 4) is 0 Å². The molecule has 140 valence electrons. The lowest BCUT2D eigenvalue weighted by Gasteiger charge is -2.14. The standard InChI is InChI=1S/C19H19N3O4S/c1-13-7-9-15(10-8-13)27(25,26)22-12-17(19(23)24)21-18(22)16(20)11-14-5-3-2-4-6-14/h2-10,12,16H,11,20H2,1H3,(H,23,24)/t16-/m0/s1. The van der Waals surface area contributed by atoms with E-state index in [4.69, 9.17) is 5.73 Å². The Morgan fingerprint density at radius 3 is 2.37 bits per heavy atom. The van der Waals surface area contributed by atoms with Crippen LogP contribution in [0, 0.1) is 6.92 Å². The van der Waals surface area contributed by atoms with Crippen LogP contribution in [0.25, 0.3) is 0 Å². The van der Waals surface area contributed by atoms with Gasteiger partial charge in [-0.3, -0.25) is 0 Å². The highest BCUT2D eigenvalue weighted by Crippen LogP contribution is 2.22. The van der Waals surface area contributed by atoms with Crippen molar-refractivity contribution in [3.05, 3.63) is 83.4 Å². The van der Waals surface area contributed by atoms with E-state index in [0.29, 0.717) is 6.42 Å². The predicted octanol–water partition coefficient (Wildman–Crippen LogP) is 2.37. The second kappa shape index (κ2) is 7.34. The summed E-state index contributed by atoms with van der Waals surface area (Å²) in [5.41, 5.74) is 7.63. The number of carboxylic acids is 1. The van der Waals surface area contributed by atoms with Gasteiger partial charge in [-0.05, 0) is 31.0 Å². The van der Waals surface area contributed by atoms with E-state index in [1.165, 1.54) is 12.1 Å². The molecule has 0 amide bonds. The van der Waals surface area contributed by atoms with Crippen molar-refractivity contribution in [1.82, 2.24) is 8.96 Å². The van der Waals surface area contributed by atoms with Crippen molar-refractivity contribution in [2.75, 3.05) is 0 Å². The van der Waals surface area contributed by atoms with Crippen LogP contribution in [0.3, 0.4) is 0 Å². The zero-order chi connectivity index (χ0) is 19.6. The highest BCUT2D eigenvalue weighted by atomic mass is 32.2. The molecule has 3 rings (SSSR count). The number of hydrogen-bond donors (Lipinski definition) is 2. The first kappa shape index (κ1) is 18.8. The number of rotatable bonds is 6. The Morgan fingerprint density at radius 1 is 1.15 bits per heavy atom. The molecule has 0 spiro atoms. The van der Waals surface area contributed by atoms with Gasteiger partial charge in [0.15, 0.2) is 5.69 Å². The molecule has 0 saturated carbocycles. The van der Waals surface area contributed by atoms with Gasteiger partial charge in [0.05, 0.1) is 17.1 Å². The molecule has 0 radical (unpaired) electrons. The van der Waals surface area contributed by atoms with Crippen molar-refractivity contribution >= 4 is 16.0 Å². The SMILES string of the molecule is Cc1ccc(S(=O)(=O)n2cc(C(=O)O)nc2[C@@H](N)Cc2ccccc2)cc1. The minimum absolute atomic E-state index is 0.0168. The summed E-state index contributed by atoms with van der Waals surface area (Å²) >= 11 is 0. The second-order valence-electron chi connectivity index (χ2n) is 6.20. The molecular formula is C19H19N3O4S. The number of benzene rings is 2. The van der Waals surface area contributed by atoms with E-state index < -0.39 is 22.0 Å². The van der Waals surface area contributed by atoms with Gasteiger partial charge >= 0.3 is 5.97 Å². The minimum Gasteiger partial charge on any atom is -0.476 e. The lowest BCUT2D eigenvalue weighted by atomic mass is 10.1. The van der Waals surface area contributed by atoms with Crippen LogP contribution in [-0.2, 0) is 16.4 Å². The van der Waals surface area contributed by atoms with Gasteiger partial charge in [0.25, 0.3) is 10.0 Å². The lowest BCUT2D eigenvalue weighted by Crippen LogP contribution is -2.23. The van der Waals surface area contributed by atoms with E-state index >= 15 is 0 Å². The summed E-state index contributed by atoms with van der Waals surface area (Å²) in [6.45, 7) is 1.84. The number of hydrogen-bond acceptors (Lipinski definition) is 5. The Morgan fingerprint density at radius 2 is 1.78 bits per heavy atom. The summed E-state index contributed by atoms with van der Waals surface area (Å²) in [5, 5.41) is 9.26. The molecule has 1 atom stereocenters. The average Bonchev–Trinajstić information content (AvgIpc) is 3.10. The van der Waals surface area contributed by atoms with Crippen LogP contribution in [-0.4, -0.2) is 28.5 Å². The Balaban J connectivity index is 2.06. The minimum atomic E-state index is -4.03. The number of carbonyl (C=O) groups is 1. The number of aryl methyl sites for hydroxylation is 1. The maximum atomic E-state index is 13.0. The Bertz CT molecular complexity index is 1060. The first-order valence-electron chi connectivity index (χ1n) is 8.23. The van der Waals surface area contributed by atoms with Gasteiger partial charge in [0, 0.05) is 0 Å². The van der Waals surface area contributed by atoms with Crippen LogP contribution < -0.4 is 5.73 Å². The van der Waals surface area contributed by atoms with E-state index in [9.17, 15) is 18.3 Å². The Kier molecular flexibility index (Phi) is 5.11. The molecule has 0 aliphatic rings. The number of aromatic carboxylic acids is 1. The lowest BCUT2D eigenvalue weighted by molar-refractivity contribution is 0.0691. The molecule has 1 heterocycles. The van der Waals surface area contributed by atoms with Crippen LogP contribution in [0.1, 0.15) is 33.5 Å². The van der Waals surface area contributed by atoms with Gasteiger partial charge in [-0.15, -0.1) is 0 Å². The fourth-order valence-electron chi connectivity index (χ4n) is 2.70. The van der Waals surface area contributed by atoms with E-state index in [1.54, 1.807) is 12.1 Å². The zero-order valence-corrected chi connectivity index (χ0v) is 15.4. The molecule has 3 N–H and O–H groups in total. The first-order valence-corrected chi connectivity index (χ1v) is 9.67. The molecular weight excluding hydrogens is 366 g/mol. The highest BCUT2D eigenvalue weighted by molar-refractivity contribution is 7.90. The molecule has 0 aliphatic heterocycles. The summed E-state index contributed by atoms with van der Waals surface area (Å²) < 4.78 is 26.9. The third kappa shape index (κ3) is 3.91. The van der Waals surface area contributed by atoms with E-state index in [2.05, 4.69) is 4.98 Å². The molecule has 0 saturated heterocycles. The van der Waals surface area contributed by atoms with Crippen molar-refractivity contribution in [2.24, 2.45) is 5.73 Å². The van der Waals surface area contributed by atoms with Gasteiger partial charge in [-0.1, -0.05) is 48.0 Å². The third-order valence-electron chi connectivity index (χ3n) is 4.13. The van der Waals surface area contributed by atoms with E-state index in [-0.39, 0.29) is 16.4 Å². The van der Waals surface area contributed by atoms with Gasteiger partial charge in [0.2, 0.25) is 0 Å². The predicted molar refractivity (Wildman–Crippen MR) is 100 cm³/mol. The monoisotopic (exact) mass is 385 g/mol. The summed E-state index contributed by atoms with van der Waals surface area (Å²) in [4.78, 5) is 15.4. The largest absolute Gasteiger partial charge is 0.476 e. The summed E-state index contributed by atoms with van der Waals surface area (Å²) in [5.74, 6) is -1.34. The van der Waals surface area contributed by atoms with Crippen molar-refractivity contribution < 1.29 is 18.3 Å². The Labute approximate surface area is 157 Å². The van der Waals surface area contributed by atoms with Crippen molar-refractivity contribution in [2.45, 2.75) is 24.3 Å². The number of aromatic nitrogens is 2. The quantitative estimate of drug-likeness (QED) is 0.673. The van der Waals surface area contributed by atoms with Crippen LogP contribution in [0.5, 0.6) is 0 Å². The average molecular weight is 385 g/mol. The molecule has 0 bridgehead atoms. The van der Waals surface area contributed by atoms with Crippen LogP contribution in [0.4, 0.5) is 0 Å². The molecule has 7 nitrogen and oxygen atoms in total. The maximum Gasteiger partial charge on any atom is 0.356 e. The van der Waals surface area contributed by atoms with Gasteiger partial charge < -0.3 is 10.8 Å². The molecule has 0 aliphatic carbocycles. The molecule has 0 unspecified atom stereocenters. The van der Waals surface area contributed by atoms with Crippen molar-refractivity contribution in [1.29, 1.82) is 0 Å². The molecule has 1 aromatic heterocycles. The van der Waals surface area contributed by atoms with Gasteiger partial charge in [-0.2, -0.15) is 0 Å². The summed E-state index contributed by atoms with van der Waals surface area (Å²) in [7, 11) is -4.03. The molecule has 2 aromatic carbocycles. The highest BCUT2D eigenvalue weighted by Gasteiger charge is 2.27. The third-order valence-corrected chi connectivity index (χ3v) is 5.81. The fourth-order valence-corrected chi connectivity index (χ4v) is 4.07. The number of nitrogens with two attached hydrogens (primary N) is 1. The second-order valence-corrected chi connectivity index (χ2v) is 8.01. The van der Waals surface area contributed by atoms with Gasteiger partial charge in [-0.25, -0.2) is 22.2 Å².